The van der Waals surface area contributed by atoms with Crippen LogP contribution in [0.3, 0.4) is 0 Å². The molecule has 0 saturated carbocycles. The van der Waals surface area contributed by atoms with Gasteiger partial charge in [-0.2, -0.15) is 0 Å². The standard InChI is InChI=1S/C13H18FN3O2.2ClH/c1-19-9-13(3-2-4-17-13)8-16-12(18)10-5-11(14)7-15-6-10;;/h5-7,17H,2-4,8-9H2,1H3,(H,16,18);2*1H. The van der Waals surface area contributed by atoms with Crippen LogP contribution in [0.5, 0.6) is 0 Å². The number of rotatable bonds is 5. The molecular formula is C13H20Cl2FN3O2. The van der Waals surface area contributed by atoms with Crippen molar-refractivity contribution in [3.8, 4) is 0 Å². The van der Waals surface area contributed by atoms with Crippen molar-refractivity contribution in [1.82, 2.24) is 15.6 Å². The fourth-order valence-corrected chi connectivity index (χ4v) is 2.36. The van der Waals surface area contributed by atoms with Crippen LogP contribution >= 0.6 is 24.8 Å². The summed E-state index contributed by atoms with van der Waals surface area (Å²) in [7, 11) is 1.64. The van der Waals surface area contributed by atoms with E-state index in [-0.39, 0.29) is 41.8 Å². The lowest BCUT2D eigenvalue weighted by molar-refractivity contribution is 0.0891. The third-order valence-corrected chi connectivity index (χ3v) is 3.31. The Bertz CT molecular complexity index is 457. The highest BCUT2D eigenvalue weighted by Gasteiger charge is 2.33. The maximum absolute atomic E-state index is 13.0. The molecule has 1 fully saturated rings. The van der Waals surface area contributed by atoms with Crippen molar-refractivity contribution in [1.29, 1.82) is 0 Å². The smallest absolute Gasteiger partial charge is 0.253 e. The summed E-state index contributed by atoms with van der Waals surface area (Å²) in [6, 6.07) is 1.17. The summed E-state index contributed by atoms with van der Waals surface area (Å²) in [4.78, 5) is 15.6. The van der Waals surface area contributed by atoms with Gasteiger partial charge < -0.3 is 15.4 Å². The zero-order valence-electron chi connectivity index (χ0n) is 11.7. The lowest BCUT2D eigenvalue weighted by Crippen LogP contribution is -2.53. The summed E-state index contributed by atoms with van der Waals surface area (Å²) >= 11 is 0. The molecule has 1 aromatic heterocycles. The van der Waals surface area contributed by atoms with Crippen LogP contribution in [-0.2, 0) is 4.74 Å². The third-order valence-electron chi connectivity index (χ3n) is 3.31. The molecule has 0 bridgehead atoms. The number of hydrogen-bond acceptors (Lipinski definition) is 4. The molecule has 1 unspecified atom stereocenters. The molecule has 2 heterocycles. The Morgan fingerprint density at radius 1 is 1.52 bits per heavy atom. The number of hydrogen-bond donors (Lipinski definition) is 2. The molecule has 0 spiro atoms. The minimum Gasteiger partial charge on any atom is -0.383 e. The molecule has 8 heteroatoms. The van der Waals surface area contributed by atoms with E-state index in [0.717, 1.165) is 25.6 Å². The van der Waals surface area contributed by atoms with E-state index in [1.807, 2.05) is 0 Å². The van der Waals surface area contributed by atoms with Gasteiger partial charge in [-0.15, -0.1) is 24.8 Å². The van der Waals surface area contributed by atoms with Gasteiger partial charge in [0.2, 0.25) is 0 Å². The van der Waals surface area contributed by atoms with Gasteiger partial charge >= 0.3 is 0 Å². The van der Waals surface area contributed by atoms with Gasteiger partial charge in [0, 0.05) is 19.9 Å². The molecule has 2 rings (SSSR count). The second-order valence-electron chi connectivity index (χ2n) is 4.82. The molecule has 120 valence electrons. The summed E-state index contributed by atoms with van der Waals surface area (Å²) in [5.74, 6) is -0.838. The van der Waals surface area contributed by atoms with Crippen molar-refractivity contribution in [3.63, 3.8) is 0 Å². The summed E-state index contributed by atoms with van der Waals surface area (Å²) in [6.07, 6.45) is 4.43. The summed E-state index contributed by atoms with van der Waals surface area (Å²) in [5.41, 5.74) is 0.0103. The average Bonchev–Trinajstić information content (AvgIpc) is 2.85. The van der Waals surface area contributed by atoms with E-state index in [2.05, 4.69) is 15.6 Å². The SMILES string of the molecule is COCC1(CNC(=O)c2cncc(F)c2)CCCN1.Cl.Cl. The minimum absolute atomic E-state index is 0. The normalized spacial score (nSPS) is 20.3. The summed E-state index contributed by atoms with van der Waals surface area (Å²) in [5, 5.41) is 6.17. The van der Waals surface area contributed by atoms with Gasteiger partial charge in [0.05, 0.1) is 23.9 Å². The quantitative estimate of drug-likeness (QED) is 0.854. The van der Waals surface area contributed by atoms with Crippen molar-refractivity contribution in [2.45, 2.75) is 18.4 Å². The average molecular weight is 340 g/mol. The maximum atomic E-state index is 13.0. The van der Waals surface area contributed by atoms with E-state index in [1.165, 1.54) is 12.3 Å². The number of amides is 1. The Hall–Kier alpha value is -0.950. The van der Waals surface area contributed by atoms with Gasteiger partial charge in [-0.3, -0.25) is 9.78 Å². The van der Waals surface area contributed by atoms with Gasteiger partial charge in [0.15, 0.2) is 0 Å². The van der Waals surface area contributed by atoms with Crippen LogP contribution in [0.1, 0.15) is 23.2 Å². The van der Waals surface area contributed by atoms with E-state index < -0.39 is 5.82 Å². The second-order valence-corrected chi connectivity index (χ2v) is 4.82. The number of nitrogens with one attached hydrogen (secondary N) is 2. The molecule has 1 aliphatic rings. The van der Waals surface area contributed by atoms with Crippen LogP contribution in [0.2, 0.25) is 0 Å². The zero-order chi connectivity index (χ0) is 13.7. The molecule has 1 aromatic rings. The first-order chi connectivity index (χ1) is 9.15. The number of methoxy groups -OCH3 is 1. The Labute approximate surface area is 135 Å². The predicted octanol–water partition coefficient (Wildman–Crippen LogP) is 1.56. The van der Waals surface area contributed by atoms with E-state index in [4.69, 9.17) is 4.74 Å². The van der Waals surface area contributed by atoms with Crippen molar-refractivity contribution in [2.75, 3.05) is 26.8 Å². The Morgan fingerprint density at radius 2 is 2.29 bits per heavy atom. The molecule has 0 radical (unpaired) electrons. The van der Waals surface area contributed by atoms with Crippen molar-refractivity contribution in [2.24, 2.45) is 0 Å². The van der Waals surface area contributed by atoms with Crippen LogP contribution in [0.15, 0.2) is 18.5 Å². The van der Waals surface area contributed by atoms with Crippen molar-refractivity contribution in [3.05, 3.63) is 29.8 Å². The first kappa shape index (κ1) is 20.1. The highest BCUT2D eigenvalue weighted by atomic mass is 35.5. The van der Waals surface area contributed by atoms with Gasteiger partial charge in [0.1, 0.15) is 5.82 Å². The second kappa shape index (κ2) is 9.15. The first-order valence-electron chi connectivity index (χ1n) is 6.28. The molecule has 1 atom stereocenters. The Kier molecular flexibility index (Phi) is 8.73. The number of ether oxygens (including phenoxy) is 1. The largest absolute Gasteiger partial charge is 0.383 e. The summed E-state index contributed by atoms with van der Waals surface area (Å²) < 4.78 is 18.2. The Morgan fingerprint density at radius 3 is 2.86 bits per heavy atom. The van der Waals surface area contributed by atoms with Crippen molar-refractivity contribution >= 4 is 30.7 Å². The molecule has 2 N–H and O–H groups in total. The fourth-order valence-electron chi connectivity index (χ4n) is 2.36. The molecule has 21 heavy (non-hydrogen) atoms. The highest BCUT2D eigenvalue weighted by molar-refractivity contribution is 5.93. The number of nitrogens with zero attached hydrogens (tertiary/aromatic N) is 1. The number of carbonyl (C=O) groups excluding carboxylic acids is 1. The van der Waals surface area contributed by atoms with Crippen LogP contribution in [0, 0.1) is 5.82 Å². The Balaban J connectivity index is 0.00000200. The number of pyridine rings is 1. The van der Waals surface area contributed by atoms with E-state index >= 15 is 0 Å². The van der Waals surface area contributed by atoms with Crippen LogP contribution in [-0.4, -0.2) is 43.2 Å². The topological polar surface area (TPSA) is 63.2 Å². The molecule has 0 aromatic carbocycles. The van der Waals surface area contributed by atoms with Crippen LogP contribution < -0.4 is 10.6 Å². The number of carbonyl (C=O) groups is 1. The summed E-state index contributed by atoms with van der Waals surface area (Å²) in [6.45, 7) is 1.91. The predicted molar refractivity (Wildman–Crippen MR) is 82.9 cm³/mol. The highest BCUT2D eigenvalue weighted by Crippen LogP contribution is 2.18. The molecule has 5 nitrogen and oxygen atoms in total. The van der Waals surface area contributed by atoms with Crippen LogP contribution in [0.4, 0.5) is 4.39 Å². The number of aromatic nitrogens is 1. The monoisotopic (exact) mass is 339 g/mol. The van der Waals surface area contributed by atoms with Crippen LogP contribution in [0.25, 0.3) is 0 Å². The molecule has 1 amide bonds. The maximum Gasteiger partial charge on any atom is 0.253 e. The first-order valence-corrected chi connectivity index (χ1v) is 6.28. The molecule has 1 aliphatic heterocycles. The molecule has 0 aliphatic carbocycles. The third kappa shape index (κ3) is 5.39. The number of halogens is 3. The van der Waals surface area contributed by atoms with E-state index in [9.17, 15) is 9.18 Å². The zero-order valence-corrected chi connectivity index (χ0v) is 13.4. The van der Waals surface area contributed by atoms with Crippen molar-refractivity contribution < 1.29 is 13.9 Å². The lowest BCUT2D eigenvalue weighted by Gasteiger charge is -2.28. The molecule has 1 saturated heterocycles. The van der Waals surface area contributed by atoms with Gasteiger partial charge in [-0.25, -0.2) is 4.39 Å². The molecular weight excluding hydrogens is 320 g/mol. The van der Waals surface area contributed by atoms with Gasteiger partial charge in [0.25, 0.3) is 5.91 Å². The fraction of sp³-hybridized carbons (Fsp3) is 0.538. The van der Waals surface area contributed by atoms with E-state index in [1.54, 1.807) is 7.11 Å². The lowest BCUT2D eigenvalue weighted by atomic mass is 9.98. The van der Waals surface area contributed by atoms with E-state index in [0.29, 0.717) is 13.2 Å². The van der Waals surface area contributed by atoms with Gasteiger partial charge in [-0.1, -0.05) is 0 Å². The minimum atomic E-state index is -0.516. The van der Waals surface area contributed by atoms with Gasteiger partial charge in [-0.05, 0) is 25.5 Å².